The molecule has 0 aromatic heterocycles. The van der Waals surface area contributed by atoms with E-state index in [-0.39, 0.29) is 19.8 Å². The molecule has 1 aliphatic heterocycles. The number of nitrogens with zero attached hydrogens (tertiary/aromatic N) is 1. The van der Waals surface area contributed by atoms with Crippen LogP contribution in [0, 0.1) is 5.92 Å². The summed E-state index contributed by atoms with van der Waals surface area (Å²) in [6.45, 7) is 3.47. The van der Waals surface area contributed by atoms with E-state index in [2.05, 4.69) is 0 Å². The smallest absolute Gasteiger partial charge is 0.330 e. The van der Waals surface area contributed by atoms with E-state index < -0.39 is 35.6 Å². The van der Waals surface area contributed by atoms with E-state index in [1.54, 1.807) is 13.8 Å². The van der Waals surface area contributed by atoms with E-state index in [4.69, 9.17) is 9.47 Å². The van der Waals surface area contributed by atoms with Crippen LogP contribution in [0.4, 0.5) is 0 Å². The molecule has 1 amide bonds. The lowest BCUT2D eigenvalue weighted by atomic mass is 9.99. The van der Waals surface area contributed by atoms with E-state index in [0.717, 1.165) is 10.5 Å². The van der Waals surface area contributed by atoms with Gasteiger partial charge in [0, 0.05) is 6.54 Å². The van der Waals surface area contributed by atoms with E-state index >= 15 is 0 Å². The van der Waals surface area contributed by atoms with Crippen molar-refractivity contribution in [2.75, 3.05) is 19.8 Å². The number of rotatable bonds is 7. The molecule has 0 aliphatic carbocycles. The van der Waals surface area contributed by atoms with Gasteiger partial charge < -0.3 is 14.4 Å². The van der Waals surface area contributed by atoms with Gasteiger partial charge >= 0.3 is 11.9 Å². The second-order valence-electron chi connectivity index (χ2n) is 5.53. The third-order valence-corrected chi connectivity index (χ3v) is 3.96. The highest BCUT2D eigenvalue weighted by Crippen LogP contribution is 2.26. The SMILES string of the molecule is CCOC(=O)[C@@H]1C(=O)C(=O)N(CCc2ccccc2)[C@H]1C(=O)OCC. The number of Topliss-reactive ketones (excluding diaryl/α,β-unsaturated/α-hetero) is 1. The number of esters is 2. The third-order valence-electron chi connectivity index (χ3n) is 3.96. The maximum atomic E-state index is 12.3. The van der Waals surface area contributed by atoms with Crippen LogP contribution < -0.4 is 0 Å². The summed E-state index contributed by atoms with van der Waals surface area (Å²) in [7, 11) is 0. The molecule has 1 heterocycles. The minimum atomic E-state index is -1.47. The molecule has 0 bridgehead atoms. The Balaban J connectivity index is 2.24. The topological polar surface area (TPSA) is 90.0 Å². The fraction of sp³-hybridized carbons (Fsp3) is 0.444. The van der Waals surface area contributed by atoms with Gasteiger partial charge in [-0.05, 0) is 25.8 Å². The number of amides is 1. The van der Waals surface area contributed by atoms with Gasteiger partial charge in [-0.1, -0.05) is 30.3 Å². The summed E-state index contributed by atoms with van der Waals surface area (Å²) in [5.74, 6) is -4.90. The standard InChI is InChI=1S/C18H21NO6/c1-3-24-17(22)13-14(18(23)25-4-2)19(16(21)15(13)20)11-10-12-8-6-5-7-9-12/h5-9,13-14H,3-4,10-11H2,1-2H3/t13-,14+/m0/s1. The van der Waals surface area contributed by atoms with Gasteiger partial charge in [0.25, 0.3) is 5.91 Å². The zero-order chi connectivity index (χ0) is 18.4. The molecule has 1 saturated heterocycles. The van der Waals surface area contributed by atoms with Gasteiger partial charge in [-0.15, -0.1) is 0 Å². The summed E-state index contributed by atoms with van der Waals surface area (Å²) in [5, 5.41) is 0. The Morgan fingerprint density at radius 3 is 2.20 bits per heavy atom. The second-order valence-corrected chi connectivity index (χ2v) is 5.53. The average Bonchev–Trinajstić information content (AvgIpc) is 2.86. The zero-order valence-corrected chi connectivity index (χ0v) is 14.3. The van der Waals surface area contributed by atoms with Gasteiger partial charge in [0.2, 0.25) is 5.78 Å². The highest BCUT2D eigenvalue weighted by Gasteiger charge is 2.55. The molecule has 0 radical (unpaired) electrons. The summed E-state index contributed by atoms with van der Waals surface area (Å²) in [5.41, 5.74) is 0.949. The number of hydrogen-bond donors (Lipinski definition) is 0. The number of hydrogen-bond acceptors (Lipinski definition) is 6. The molecule has 2 atom stereocenters. The molecule has 0 unspecified atom stereocenters. The molecule has 134 valence electrons. The molecule has 1 aromatic carbocycles. The van der Waals surface area contributed by atoms with Crippen LogP contribution in [0.15, 0.2) is 30.3 Å². The Morgan fingerprint density at radius 1 is 1.00 bits per heavy atom. The van der Waals surface area contributed by atoms with Gasteiger partial charge in [0.1, 0.15) is 0 Å². The maximum absolute atomic E-state index is 12.3. The van der Waals surface area contributed by atoms with Gasteiger partial charge in [-0.3, -0.25) is 14.4 Å². The van der Waals surface area contributed by atoms with Crippen molar-refractivity contribution >= 4 is 23.6 Å². The first-order valence-corrected chi connectivity index (χ1v) is 8.23. The lowest BCUT2D eigenvalue weighted by Crippen LogP contribution is -2.45. The van der Waals surface area contributed by atoms with Crippen molar-refractivity contribution in [3.8, 4) is 0 Å². The molecule has 7 heteroatoms. The molecule has 0 spiro atoms. The minimum absolute atomic E-state index is 0.0519. The summed E-state index contributed by atoms with van der Waals surface area (Å²) in [4.78, 5) is 50.1. The second kappa shape index (κ2) is 8.41. The van der Waals surface area contributed by atoms with Crippen LogP contribution in [0.2, 0.25) is 0 Å². The fourth-order valence-corrected chi connectivity index (χ4v) is 2.82. The molecule has 0 N–H and O–H groups in total. The van der Waals surface area contributed by atoms with Crippen LogP contribution >= 0.6 is 0 Å². The first kappa shape index (κ1) is 18.6. The lowest BCUT2D eigenvalue weighted by Gasteiger charge is -2.24. The van der Waals surface area contributed by atoms with Crippen LogP contribution in [0.1, 0.15) is 19.4 Å². The van der Waals surface area contributed by atoms with Crippen molar-refractivity contribution in [3.05, 3.63) is 35.9 Å². The lowest BCUT2D eigenvalue weighted by molar-refractivity contribution is -0.160. The number of carbonyl (C=O) groups excluding carboxylic acids is 4. The largest absolute Gasteiger partial charge is 0.465 e. The van der Waals surface area contributed by atoms with Crippen LogP contribution in [0.3, 0.4) is 0 Å². The molecule has 1 fully saturated rings. The van der Waals surface area contributed by atoms with E-state index in [1.807, 2.05) is 30.3 Å². The summed E-state index contributed by atoms with van der Waals surface area (Å²) in [6.07, 6.45) is 0.450. The van der Waals surface area contributed by atoms with Crippen molar-refractivity contribution in [3.63, 3.8) is 0 Å². The fourth-order valence-electron chi connectivity index (χ4n) is 2.82. The minimum Gasteiger partial charge on any atom is -0.465 e. The van der Waals surface area contributed by atoms with Gasteiger partial charge in [-0.25, -0.2) is 4.79 Å². The molecule has 7 nitrogen and oxygen atoms in total. The van der Waals surface area contributed by atoms with Crippen molar-refractivity contribution in [2.24, 2.45) is 5.92 Å². The molecular weight excluding hydrogens is 326 g/mol. The first-order chi connectivity index (χ1) is 12.0. The first-order valence-electron chi connectivity index (χ1n) is 8.23. The van der Waals surface area contributed by atoms with E-state index in [9.17, 15) is 19.2 Å². The van der Waals surface area contributed by atoms with Crippen LogP contribution in [-0.2, 0) is 35.1 Å². The van der Waals surface area contributed by atoms with Crippen molar-refractivity contribution in [1.82, 2.24) is 4.90 Å². The number of likely N-dealkylation sites (tertiary alicyclic amines) is 1. The Kier molecular flexibility index (Phi) is 6.27. The average molecular weight is 347 g/mol. The molecule has 25 heavy (non-hydrogen) atoms. The molecule has 1 aromatic rings. The van der Waals surface area contributed by atoms with E-state index in [0.29, 0.717) is 6.42 Å². The van der Waals surface area contributed by atoms with E-state index in [1.165, 1.54) is 0 Å². The highest BCUT2D eigenvalue weighted by molar-refractivity contribution is 6.43. The van der Waals surface area contributed by atoms with Crippen LogP contribution in [-0.4, -0.2) is 54.3 Å². The zero-order valence-electron chi connectivity index (χ0n) is 14.3. The number of carbonyl (C=O) groups is 4. The number of benzene rings is 1. The molecule has 1 aliphatic rings. The molecular formula is C18H21NO6. The quantitative estimate of drug-likeness (QED) is 0.411. The third kappa shape index (κ3) is 4.04. The van der Waals surface area contributed by atoms with Crippen molar-refractivity contribution in [1.29, 1.82) is 0 Å². The monoisotopic (exact) mass is 347 g/mol. The number of ketones is 1. The summed E-state index contributed by atoms with van der Waals surface area (Å²) < 4.78 is 9.84. The number of ether oxygens (including phenoxy) is 2. The Morgan fingerprint density at radius 2 is 1.60 bits per heavy atom. The predicted octanol–water partition coefficient (Wildman–Crippen LogP) is 0.751. The molecule has 0 saturated carbocycles. The van der Waals surface area contributed by atoms with Crippen LogP contribution in [0.5, 0.6) is 0 Å². The summed E-state index contributed by atoms with van der Waals surface area (Å²) >= 11 is 0. The van der Waals surface area contributed by atoms with Gasteiger partial charge in [0.05, 0.1) is 13.2 Å². The van der Waals surface area contributed by atoms with Gasteiger partial charge in [0.15, 0.2) is 12.0 Å². The predicted molar refractivity (Wildman–Crippen MR) is 87.4 cm³/mol. The Hall–Kier alpha value is -2.70. The normalized spacial score (nSPS) is 19.8. The summed E-state index contributed by atoms with van der Waals surface area (Å²) in [6, 6.07) is 8.07. The van der Waals surface area contributed by atoms with Crippen molar-refractivity contribution < 1.29 is 28.7 Å². The van der Waals surface area contributed by atoms with Gasteiger partial charge in [-0.2, -0.15) is 0 Å². The van der Waals surface area contributed by atoms with Crippen molar-refractivity contribution in [2.45, 2.75) is 26.3 Å². The highest BCUT2D eigenvalue weighted by atomic mass is 16.5. The molecule has 2 rings (SSSR count). The maximum Gasteiger partial charge on any atom is 0.330 e. The Bertz CT molecular complexity index is 657. The van der Waals surface area contributed by atoms with Crippen LogP contribution in [0.25, 0.3) is 0 Å². The Labute approximate surface area is 145 Å².